The van der Waals surface area contributed by atoms with E-state index in [0.29, 0.717) is 17.5 Å². The summed E-state index contributed by atoms with van der Waals surface area (Å²) in [5.74, 6) is 1.45. The number of piperazine rings is 1. The third-order valence-electron chi connectivity index (χ3n) is 6.24. The van der Waals surface area contributed by atoms with Crippen LogP contribution in [0.3, 0.4) is 0 Å². The number of ether oxygens (including phenoxy) is 2. The van der Waals surface area contributed by atoms with Crippen molar-refractivity contribution in [3.05, 3.63) is 36.4 Å². The smallest absolute Gasteiger partial charge is 0.170 e. The van der Waals surface area contributed by atoms with Gasteiger partial charge in [-0.05, 0) is 57.1 Å². The van der Waals surface area contributed by atoms with Crippen molar-refractivity contribution in [3.8, 4) is 11.5 Å². The molecule has 35 heavy (non-hydrogen) atoms. The molecule has 1 aliphatic heterocycles. The number of aromatic nitrogens is 2. The van der Waals surface area contributed by atoms with Crippen molar-refractivity contribution < 1.29 is 9.47 Å². The molecule has 0 amide bonds. The van der Waals surface area contributed by atoms with E-state index in [0.717, 1.165) is 95.3 Å². The van der Waals surface area contributed by atoms with E-state index in [9.17, 15) is 0 Å². The van der Waals surface area contributed by atoms with E-state index >= 15 is 0 Å². The topological polar surface area (TPSA) is 92.8 Å². The van der Waals surface area contributed by atoms with Gasteiger partial charge in [-0.2, -0.15) is 0 Å². The van der Waals surface area contributed by atoms with Gasteiger partial charge in [-0.15, -0.1) is 0 Å². The van der Waals surface area contributed by atoms with Gasteiger partial charge in [-0.25, -0.2) is 4.98 Å². The van der Waals surface area contributed by atoms with E-state index in [4.69, 9.17) is 27.4 Å². The Balaban J connectivity index is 1.31. The average Bonchev–Trinajstić information content (AvgIpc) is 3.28. The van der Waals surface area contributed by atoms with E-state index in [1.165, 1.54) is 0 Å². The molecule has 1 aromatic heterocycles. The molecule has 4 N–H and O–H groups in total. The van der Waals surface area contributed by atoms with Gasteiger partial charge in [0.2, 0.25) is 0 Å². The Labute approximate surface area is 215 Å². The first-order valence-electron chi connectivity index (χ1n) is 12.6. The second kappa shape index (κ2) is 14.9. The van der Waals surface area contributed by atoms with E-state index < -0.39 is 0 Å². The highest BCUT2D eigenvalue weighted by atomic mass is 32.1. The average molecular weight is 504 g/mol. The largest absolute Gasteiger partial charge is 0.493 e. The molecule has 0 saturated carbocycles. The van der Waals surface area contributed by atoms with Crippen LogP contribution in [0.4, 0.5) is 5.69 Å². The Hall–Kier alpha value is -2.40. The molecule has 1 aromatic carbocycles. The maximum absolute atomic E-state index is 6.00. The summed E-state index contributed by atoms with van der Waals surface area (Å²) in [5.41, 5.74) is 7.68. The fourth-order valence-corrected chi connectivity index (χ4v) is 4.37. The fourth-order valence-electron chi connectivity index (χ4n) is 4.15. The number of nitrogens with two attached hydrogens (primary N) is 1. The number of thiocarbonyl (C=S) groups is 1. The number of unbranched alkanes of at least 4 members (excludes halogenated alkanes) is 1. The summed E-state index contributed by atoms with van der Waals surface area (Å²) in [4.78, 5) is 9.12. The number of rotatable bonds is 14. The minimum absolute atomic E-state index is 0.590. The molecule has 3 rings (SSSR count). The van der Waals surface area contributed by atoms with Crippen LogP contribution in [0, 0.1) is 6.92 Å². The van der Waals surface area contributed by atoms with Crippen molar-refractivity contribution in [3.63, 3.8) is 0 Å². The molecule has 0 radical (unpaired) electrons. The quantitative estimate of drug-likeness (QED) is 0.265. The number of aryl methyl sites for hydroxylation is 2. The standard InChI is InChI=1S/C25H41N7O2S/c1-21-19-27-20-32(21)11-5-9-28-25(35)29-22-6-7-23(24(18-22)33-2)34-17-4-3-10-30-13-15-31(12-8-26)16-14-30/h6-7,18-20H,3-5,8-17,26H2,1-2H3,(H2,28,29,35). The van der Waals surface area contributed by atoms with Gasteiger partial charge in [0, 0.05) is 76.0 Å². The van der Waals surface area contributed by atoms with E-state index in [-0.39, 0.29) is 0 Å². The number of imidazole rings is 1. The zero-order valence-corrected chi connectivity index (χ0v) is 22.0. The van der Waals surface area contributed by atoms with Crippen LogP contribution in [0.1, 0.15) is 25.0 Å². The number of anilines is 1. The van der Waals surface area contributed by atoms with Crippen LogP contribution in [0.5, 0.6) is 11.5 Å². The van der Waals surface area contributed by atoms with E-state index in [1.807, 2.05) is 30.7 Å². The lowest BCUT2D eigenvalue weighted by Gasteiger charge is -2.34. The molecule has 0 atom stereocenters. The molecule has 10 heteroatoms. The van der Waals surface area contributed by atoms with Gasteiger partial charge >= 0.3 is 0 Å². The summed E-state index contributed by atoms with van der Waals surface area (Å²) in [5, 5.41) is 7.06. The van der Waals surface area contributed by atoms with Crippen LogP contribution in [-0.2, 0) is 6.54 Å². The second-order valence-corrected chi connectivity index (χ2v) is 9.26. The van der Waals surface area contributed by atoms with Crippen LogP contribution in [0.25, 0.3) is 0 Å². The maximum Gasteiger partial charge on any atom is 0.170 e. The first kappa shape index (κ1) is 27.2. The minimum atomic E-state index is 0.590. The van der Waals surface area contributed by atoms with Gasteiger partial charge in [0.05, 0.1) is 20.0 Å². The molecule has 1 fully saturated rings. The van der Waals surface area contributed by atoms with Gasteiger partial charge < -0.3 is 35.3 Å². The van der Waals surface area contributed by atoms with Crippen molar-refractivity contribution in [1.29, 1.82) is 0 Å². The van der Waals surface area contributed by atoms with Gasteiger partial charge in [-0.1, -0.05) is 0 Å². The second-order valence-electron chi connectivity index (χ2n) is 8.86. The third-order valence-corrected chi connectivity index (χ3v) is 6.49. The Kier molecular flexibility index (Phi) is 11.6. The Morgan fingerprint density at radius 2 is 1.83 bits per heavy atom. The number of hydrogen-bond donors (Lipinski definition) is 3. The van der Waals surface area contributed by atoms with Crippen LogP contribution in [0.15, 0.2) is 30.7 Å². The van der Waals surface area contributed by atoms with Crippen molar-refractivity contribution in [2.45, 2.75) is 32.7 Å². The van der Waals surface area contributed by atoms with Crippen molar-refractivity contribution >= 4 is 23.0 Å². The number of nitrogens with one attached hydrogen (secondary N) is 2. The molecule has 0 bridgehead atoms. The van der Waals surface area contributed by atoms with Crippen LogP contribution in [-0.4, -0.2) is 90.5 Å². The summed E-state index contributed by atoms with van der Waals surface area (Å²) in [6.45, 7) is 11.8. The number of hydrogen-bond acceptors (Lipinski definition) is 7. The summed E-state index contributed by atoms with van der Waals surface area (Å²) in [6.07, 6.45) is 6.82. The third kappa shape index (κ3) is 9.29. The Morgan fingerprint density at radius 1 is 1.06 bits per heavy atom. The lowest BCUT2D eigenvalue weighted by Crippen LogP contribution is -2.47. The SMILES string of the molecule is COc1cc(NC(=S)NCCCn2cncc2C)ccc1OCCCCN1CCN(CCN)CC1. The molecule has 0 aliphatic carbocycles. The maximum atomic E-state index is 6.00. The number of benzene rings is 1. The first-order chi connectivity index (χ1) is 17.1. The van der Waals surface area contributed by atoms with Gasteiger partial charge in [0.1, 0.15) is 0 Å². The normalized spacial score (nSPS) is 14.6. The summed E-state index contributed by atoms with van der Waals surface area (Å²) >= 11 is 5.43. The fraction of sp³-hybridized carbons (Fsp3) is 0.600. The highest BCUT2D eigenvalue weighted by molar-refractivity contribution is 7.80. The van der Waals surface area contributed by atoms with Crippen LogP contribution in [0.2, 0.25) is 0 Å². The predicted octanol–water partition coefficient (Wildman–Crippen LogP) is 2.31. The van der Waals surface area contributed by atoms with Gasteiger partial charge in [-0.3, -0.25) is 4.90 Å². The molecule has 0 unspecified atom stereocenters. The van der Waals surface area contributed by atoms with Crippen molar-refractivity contribution in [1.82, 2.24) is 24.7 Å². The highest BCUT2D eigenvalue weighted by Crippen LogP contribution is 2.30. The molecular weight excluding hydrogens is 462 g/mol. The monoisotopic (exact) mass is 503 g/mol. The predicted molar refractivity (Wildman–Crippen MR) is 145 cm³/mol. The molecule has 1 aliphatic rings. The zero-order valence-electron chi connectivity index (χ0n) is 21.2. The lowest BCUT2D eigenvalue weighted by atomic mass is 10.2. The van der Waals surface area contributed by atoms with Crippen molar-refractivity contribution in [2.75, 3.05) is 71.4 Å². The van der Waals surface area contributed by atoms with E-state index in [2.05, 4.69) is 36.9 Å². The number of nitrogens with zero attached hydrogens (tertiary/aromatic N) is 4. The zero-order chi connectivity index (χ0) is 24.9. The summed E-state index contributed by atoms with van der Waals surface area (Å²) in [6, 6.07) is 5.81. The summed E-state index contributed by atoms with van der Waals surface area (Å²) < 4.78 is 13.7. The highest BCUT2D eigenvalue weighted by Gasteiger charge is 2.15. The lowest BCUT2D eigenvalue weighted by molar-refractivity contribution is 0.132. The van der Waals surface area contributed by atoms with Crippen LogP contribution < -0.4 is 25.8 Å². The molecule has 9 nitrogen and oxygen atoms in total. The Bertz CT molecular complexity index is 900. The van der Waals surface area contributed by atoms with Crippen molar-refractivity contribution in [2.24, 2.45) is 5.73 Å². The first-order valence-corrected chi connectivity index (χ1v) is 13.0. The molecule has 0 spiro atoms. The minimum Gasteiger partial charge on any atom is -0.493 e. The molecule has 2 heterocycles. The molecule has 1 saturated heterocycles. The van der Waals surface area contributed by atoms with E-state index in [1.54, 1.807) is 7.11 Å². The molecule has 194 valence electrons. The summed E-state index contributed by atoms with van der Waals surface area (Å²) in [7, 11) is 1.66. The molecular formula is C25H41N7O2S. The van der Waals surface area contributed by atoms with Gasteiger partial charge in [0.25, 0.3) is 0 Å². The van der Waals surface area contributed by atoms with Gasteiger partial charge in [0.15, 0.2) is 16.6 Å². The molecule has 2 aromatic rings. The van der Waals surface area contributed by atoms with Crippen LogP contribution >= 0.6 is 12.2 Å². The Morgan fingerprint density at radius 3 is 2.51 bits per heavy atom. The number of methoxy groups -OCH3 is 1.